The van der Waals surface area contributed by atoms with Gasteiger partial charge in [-0.25, -0.2) is 0 Å². The maximum absolute atomic E-state index is 12.1. The van der Waals surface area contributed by atoms with Crippen LogP contribution in [-0.4, -0.2) is 62.4 Å². The van der Waals surface area contributed by atoms with E-state index >= 15 is 0 Å². The molecule has 2 saturated heterocycles. The van der Waals surface area contributed by atoms with Crippen molar-refractivity contribution in [2.24, 2.45) is 0 Å². The van der Waals surface area contributed by atoms with Crippen LogP contribution < -0.4 is 20.9 Å². The number of imide groups is 1. The summed E-state index contributed by atoms with van der Waals surface area (Å²) in [6, 6.07) is 5.19. The van der Waals surface area contributed by atoms with Crippen LogP contribution in [0.1, 0.15) is 18.4 Å². The van der Waals surface area contributed by atoms with Crippen molar-refractivity contribution in [1.82, 2.24) is 15.5 Å². The number of hydrogen-bond donors (Lipinski definition) is 3. The van der Waals surface area contributed by atoms with E-state index in [4.69, 9.17) is 0 Å². The molecule has 0 bridgehead atoms. The number of hydrogen-bond acceptors (Lipinski definition) is 6. The van der Waals surface area contributed by atoms with Crippen LogP contribution in [-0.2, 0) is 20.9 Å². The van der Waals surface area contributed by atoms with Crippen LogP contribution in [0.2, 0.25) is 0 Å². The molecule has 1 aromatic rings. The Kier molecular flexibility index (Phi) is 5.85. The van der Waals surface area contributed by atoms with Gasteiger partial charge in [-0.1, -0.05) is 6.07 Å². The maximum Gasteiger partial charge on any atom is 0.249 e. The predicted octanol–water partition coefficient (Wildman–Crippen LogP) is -0.0985. The number of nitrogens with zero attached hydrogens (tertiary/aromatic N) is 2. The van der Waals surface area contributed by atoms with Gasteiger partial charge in [0.2, 0.25) is 18.2 Å². The van der Waals surface area contributed by atoms with E-state index in [1.165, 1.54) is 4.90 Å². The van der Waals surface area contributed by atoms with E-state index in [1.54, 1.807) is 7.05 Å². The summed E-state index contributed by atoms with van der Waals surface area (Å²) in [5.74, 6) is -0.724. The first kappa shape index (κ1) is 18.3. The van der Waals surface area contributed by atoms with E-state index in [1.807, 2.05) is 18.2 Å². The van der Waals surface area contributed by atoms with Crippen LogP contribution in [0.4, 0.5) is 11.4 Å². The Hall–Kier alpha value is -2.45. The van der Waals surface area contributed by atoms with Crippen LogP contribution in [0.3, 0.4) is 0 Å². The van der Waals surface area contributed by atoms with Gasteiger partial charge >= 0.3 is 0 Å². The highest BCUT2D eigenvalue weighted by Gasteiger charge is 2.32. The summed E-state index contributed by atoms with van der Waals surface area (Å²) in [7, 11) is 1.79. The number of benzene rings is 1. The van der Waals surface area contributed by atoms with Gasteiger partial charge in [-0.2, -0.15) is 0 Å². The molecule has 3 rings (SSSR count). The quantitative estimate of drug-likeness (QED) is 0.485. The van der Waals surface area contributed by atoms with E-state index in [0.29, 0.717) is 18.5 Å². The van der Waals surface area contributed by atoms with Gasteiger partial charge in [0.05, 0.1) is 11.4 Å². The minimum Gasteiger partial charge on any atom is -0.386 e. The van der Waals surface area contributed by atoms with Gasteiger partial charge in [0.15, 0.2) is 0 Å². The molecule has 2 aliphatic rings. The molecule has 26 heavy (non-hydrogen) atoms. The molecule has 2 heterocycles. The summed E-state index contributed by atoms with van der Waals surface area (Å²) in [5.41, 5.74) is 2.57. The fraction of sp³-hybridized carbons (Fsp3) is 0.500. The second-order valence-corrected chi connectivity index (χ2v) is 6.61. The van der Waals surface area contributed by atoms with Crippen molar-refractivity contribution in [3.63, 3.8) is 0 Å². The van der Waals surface area contributed by atoms with Crippen molar-refractivity contribution in [3.05, 3.63) is 23.8 Å². The highest BCUT2D eigenvalue weighted by Crippen LogP contribution is 2.30. The average molecular weight is 359 g/mol. The zero-order chi connectivity index (χ0) is 18.5. The number of rotatable bonds is 6. The van der Waals surface area contributed by atoms with Crippen molar-refractivity contribution in [3.8, 4) is 0 Å². The van der Waals surface area contributed by atoms with Crippen LogP contribution >= 0.6 is 0 Å². The van der Waals surface area contributed by atoms with Crippen LogP contribution in [0.5, 0.6) is 0 Å². The largest absolute Gasteiger partial charge is 0.386 e. The summed E-state index contributed by atoms with van der Waals surface area (Å²) in [6.45, 7) is 4.84. The third kappa shape index (κ3) is 4.03. The van der Waals surface area contributed by atoms with Gasteiger partial charge in [-0.15, -0.1) is 0 Å². The number of piperazine rings is 1. The first-order valence-corrected chi connectivity index (χ1v) is 8.93. The molecule has 8 heteroatoms. The summed E-state index contributed by atoms with van der Waals surface area (Å²) in [4.78, 5) is 39.0. The highest BCUT2D eigenvalue weighted by molar-refractivity contribution is 6.04. The summed E-state index contributed by atoms with van der Waals surface area (Å²) < 4.78 is 0. The van der Waals surface area contributed by atoms with E-state index in [9.17, 15) is 14.4 Å². The number of piperidine rings is 1. The van der Waals surface area contributed by atoms with Crippen molar-refractivity contribution in [1.29, 1.82) is 0 Å². The van der Waals surface area contributed by atoms with Crippen molar-refractivity contribution < 1.29 is 14.4 Å². The second kappa shape index (κ2) is 8.29. The van der Waals surface area contributed by atoms with E-state index < -0.39 is 11.9 Å². The lowest BCUT2D eigenvalue weighted by Gasteiger charge is -2.31. The molecule has 1 aromatic carbocycles. The minimum atomic E-state index is -0.670. The Labute approximate surface area is 152 Å². The van der Waals surface area contributed by atoms with Gasteiger partial charge in [-0.05, 0) is 24.1 Å². The monoisotopic (exact) mass is 359 g/mol. The Morgan fingerprint density at radius 2 is 2.08 bits per heavy atom. The molecular formula is C18H25N5O3. The lowest BCUT2D eigenvalue weighted by Crippen LogP contribution is -2.52. The van der Waals surface area contributed by atoms with Crippen molar-refractivity contribution in [2.45, 2.75) is 25.4 Å². The molecule has 0 saturated carbocycles. The summed E-state index contributed by atoms with van der Waals surface area (Å²) in [5, 5.41) is 8.76. The van der Waals surface area contributed by atoms with Crippen LogP contribution in [0.15, 0.2) is 18.2 Å². The molecule has 0 aliphatic carbocycles. The lowest BCUT2D eigenvalue weighted by molar-refractivity contribution is -0.134. The fourth-order valence-corrected chi connectivity index (χ4v) is 3.48. The topological polar surface area (TPSA) is 93.8 Å². The van der Waals surface area contributed by atoms with Crippen LogP contribution in [0.25, 0.3) is 0 Å². The number of nitrogens with one attached hydrogen (secondary N) is 3. The van der Waals surface area contributed by atoms with E-state index in [0.717, 1.165) is 44.0 Å². The molecule has 0 radical (unpaired) electrons. The third-order valence-corrected chi connectivity index (χ3v) is 4.88. The normalized spacial score (nSPS) is 21.2. The Balaban J connectivity index is 1.80. The summed E-state index contributed by atoms with van der Waals surface area (Å²) in [6.07, 6.45) is 1.22. The SMILES string of the molecule is CNc1cc(CN2CCNCC2)ccc1N(C=O)C1CCC(=O)NC1=O. The minimum absolute atomic E-state index is 0.233. The number of carbonyl (C=O) groups excluding carboxylic acids is 3. The van der Waals surface area contributed by atoms with Gasteiger partial charge in [-0.3, -0.25) is 24.6 Å². The van der Waals surface area contributed by atoms with Gasteiger partial charge in [0, 0.05) is 46.2 Å². The van der Waals surface area contributed by atoms with Crippen LogP contribution in [0, 0.1) is 0 Å². The highest BCUT2D eigenvalue weighted by atomic mass is 16.2. The Morgan fingerprint density at radius 1 is 1.31 bits per heavy atom. The molecule has 3 amide bonds. The molecule has 140 valence electrons. The first-order valence-electron chi connectivity index (χ1n) is 8.93. The third-order valence-electron chi connectivity index (χ3n) is 4.88. The predicted molar refractivity (Wildman–Crippen MR) is 98.9 cm³/mol. The second-order valence-electron chi connectivity index (χ2n) is 6.61. The molecule has 1 atom stereocenters. The molecule has 1 unspecified atom stereocenters. The lowest BCUT2D eigenvalue weighted by atomic mass is 10.0. The maximum atomic E-state index is 12.1. The molecule has 8 nitrogen and oxygen atoms in total. The molecule has 0 aromatic heterocycles. The zero-order valence-corrected chi connectivity index (χ0v) is 15.0. The molecule has 3 N–H and O–H groups in total. The molecule has 2 fully saturated rings. The molecule has 0 spiro atoms. The Bertz CT molecular complexity index is 687. The zero-order valence-electron chi connectivity index (χ0n) is 15.0. The fourth-order valence-electron chi connectivity index (χ4n) is 3.48. The summed E-state index contributed by atoms with van der Waals surface area (Å²) >= 11 is 0. The Morgan fingerprint density at radius 3 is 2.73 bits per heavy atom. The molecular weight excluding hydrogens is 334 g/mol. The first-order chi connectivity index (χ1) is 12.6. The average Bonchev–Trinajstić information content (AvgIpc) is 2.65. The van der Waals surface area contributed by atoms with Crippen molar-refractivity contribution >= 4 is 29.6 Å². The number of carbonyl (C=O) groups is 3. The standard InChI is InChI=1S/C18H25N5O3/c1-19-14-10-13(11-22-8-6-20-7-9-22)2-3-15(14)23(12-24)16-4-5-17(25)21-18(16)26/h2-3,10,12,16,19-20H,4-9,11H2,1H3,(H,21,25,26). The van der Waals surface area contributed by atoms with Gasteiger partial charge < -0.3 is 15.5 Å². The molecule has 2 aliphatic heterocycles. The van der Waals surface area contributed by atoms with Gasteiger partial charge in [0.1, 0.15) is 6.04 Å². The van der Waals surface area contributed by atoms with Crippen molar-refractivity contribution in [2.75, 3.05) is 43.4 Å². The number of amides is 3. The smallest absolute Gasteiger partial charge is 0.249 e. The van der Waals surface area contributed by atoms with E-state index in [2.05, 4.69) is 20.9 Å². The number of anilines is 2. The van der Waals surface area contributed by atoms with E-state index in [-0.39, 0.29) is 12.3 Å². The van der Waals surface area contributed by atoms with Gasteiger partial charge in [0.25, 0.3) is 0 Å².